The van der Waals surface area contributed by atoms with E-state index in [0.29, 0.717) is 16.3 Å². The summed E-state index contributed by atoms with van der Waals surface area (Å²) in [6, 6.07) is 18.5. The average Bonchev–Trinajstić information content (AvgIpc) is 2.96. The molecule has 42 heavy (non-hydrogen) atoms. The summed E-state index contributed by atoms with van der Waals surface area (Å²) in [7, 11) is -4.16. The van der Waals surface area contributed by atoms with Crippen LogP contribution >= 0.6 is 11.6 Å². The number of hydrogen-bond acceptors (Lipinski definition) is 4. The molecule has 1 N–H and O–H groups in total. The molecule has 4 rings (SSSR count). The van der Waals surface area contributed by atoms with Gasteiger partial charge in [-0.25, -0.2) is 8.42 Å². The lowest BCUT2D eigenvalue weighted by atomic mass is 9.95. The van der Waals surface area contributed by atoms with Crippen molar-refractivity contribution in [3.8, 4) is 0 Å². The van der Waals surface area contributed by atoms with E-state index in [-0.39, 0.29) is 23.4 Å². The Hall–Kier alpha value is -3.36. The van der Waals surface area contributed by atoms with E-state index in [9.17, 15) is 18.0 Å². The minimum absolute atomic E-state index is 0.0635. The first-order valence-corrected chi connectivity index (χ1v) is 16.3. The van der Waals surface area contributed by atoms with Crippen LogP contribution in [0.1, 0.15) is 61.3 Å². The SMILES string of the molecule is Cc1ccc(S(=O)(=O)N(CC(=O)N(Cc2cccc(C)c2)[C@H](C)C(=O)NC2CCCCC2)c2cccc(Cl)c2C)cc1. The fourth-order valence-corrected chi connectivity index (χ4v) is 7.02. The normalized spacial score (nSPS) is 14.7. The topological polar surface area (TPSA) is 86.8 Å². The molecule has 1 aliphatic rings. The van der Waals surface area contributed by atoms with Gasteiger partial charge in [0.15, 0.2) is 0 Å². The Morgan fingerprint density at radius 2 is 1.60 bits per heavy atom. The Bertz CT molecular complexity index is 1520. The van der Waals surface area contributed by atoms with Crippen LogP contribution in [-0.2, 0) is 26.2 Å². The van der Waals surface area contributed by atoms with Crippen LogP contribution in [0.5, 0.6) is 0 Å². The molecule has 224 valence electrons. The second-order valence-electron chi connectivity index (χ2n) is 11.2. The number of anilines is 1. The molecule has 9 heteroatoms. The van der Waals surface area contributed by atoms with Gasteiger partial charge in [0.25, 0.3) is 10.0 Å². The molecule has 0 saturated heterocycles. The molecule has 0 aliphatic heterocycles. The molecule has 2 amide bonds. The number of sulfonamides is 1. The van der Waals surface area contributed by atoms with Crippen LogP contribution in [0.25, 0.3) is 0 Å². The van der Waals surface area contributed by atoms with E-state index in [1.807, 2.05) is 38.1 Å². The zero-order valence-corrected chi connectivity index (χ0v) is 26.3. The molecule has 0 unspecified atom stereocenters. The maximum Gasteiger partial charge on any atom is 0.264 e. The maximum absolute atomic E-state index is 14.2. The number of rotatable bonds is 10. The second kappa shape index (κ2) is 13.7. The Kier molecular flexibility index (Phi) is 10.3. The first kappa shape index (κ1) is 31.6. The predicted molar refractivity (Wildman–Crippen MR) is 168 cm³/mol. The number of carbonyl (C=O) groups is 2. The summed E-state index contributed by atoms with van der Waals surface area (Å²) >= 11 is 6.41. The predicted octanol–water partition coefficient (Wildman–Crippen LogP) is 6.33. The largest absolute Gasteiger partial charge is 0.352 e. The fraction of sp³-hybridized carbons (Fsp3) is 0.394. The first-order valence-electron chi connectivity index (χ1n) is 14.5. The molecular weight excluding hydrogens is 570 g/mol. The third-order valence-corrected chi connectivity index (χ3v) is 10.1. The summed E-state index contributed by atoms with van der Waals surface area (Å²) in [6.07, 6.45) is 5.13. The summed E-state index contributed by atoms with van der Waals surface area (Å²) < 4.78 is 29.2. The summed E-state index contributed by atoms with van der Waals surface area (Å²) in [4.78, 5) is 29.2. The number of carbonyl (C=O) groups excluding carboxylic acids is 2. The molecule has 0 radical (unpaired) electrons. The van der Waals surface area contributed by atoms with Gasteiger partial charge in [-0.2, -0.15) is 0 Å². The van der Waals surface area contributed by atoms with Crippen LogP contribution in [0.2, 0.25) is 5.02 Å². The van der Waals surface area contributed by atoms with Crippen LogP contribution in [0.3, 0.4) is 0 Å². The molecule has 1 atom stereocenters. The molecule has 3 aromatic rings. The lowest BCUT2D eigenvalue weighted by Crippen LogP contribution is -2.53. The van der Waals surface area contributed by atoms with Crippen LogP contribution in [0, 0.1) is 20.8 Å². The summed E-state index contributed by atoms with van der Waals surface area (Å²) in [5.74, 6) is -0.729. The van der Waals surface area contributed by atoms with E-state index >= 15 is 0 Å². The number of nitrogens with zero attached hydrogens (tertiary/aromatic N) is 2. The molecule has 0 bridgehead atoms. The molecule has 0 aromatic heterocycles. The number of hydrogen-bond donors (Lipinski definition) is 1. The molecule has 1 aliphatic carbocycles. The number of benzene rings is 3. The van der Waals surface area contributed by atoms with E-state index in [1.165, 1.54) is 17.0 Å². The zero-order chi connectivity index (χ0) is 30.4. The van der Waals surface area contributed by atoms with E-state index < -0.39 is 28.5 Å². The van der Waals surface area contributed by atoms with Crippen molar-refractivity contribution < 1.29 is 18.0 Å². The van der Waals surface area contributed by atoms with Crippen molar-refractivity contribution in [1.82, 2.24) is 10.2 Å². The Morgan fingerprint density at radius 3 is 2.26 bits per heavy atom. The van der Waals surface area contributed by atoms with Gasteiger partial charge in [-0.3, -0.25) is 13.9 Å². The fourth-order valence-electron chi connectivity index (χ4n) is 5.38. The van der Waals surface area contributed by atoms with Crippen molar-refractivity contribution in [3.63, 3.8) is 0 Å². The van der Waals surface area contributed by atoms with Gasteiger partial charge in [0, 0.05) is 17.6 Å². The smallest absolute Gasteiger partial charge is 0.264 e. The number of nitrogens with one attached hydrogen (secondary N) is 1. The Morgan fingerprint density at radius 1 is 0.929 bits per heavy atom. The van der Waals surface area contributed by atoms with Gasteiger partial charge < -0.3 is 10.2 Å². The van der Waals surface area contributed by atoms with Crippen LogP contribution in [0.15, 0.2) is 71.6 Å². The van der Waals surface area contributed by atoms with E-state index in [2.05, 4.69) is 5.32 Å². The van der Waals surface area contributed by atoms with Gasteiger partial charge in [-0.15, -0.1) is 0 Å². The number of halogens is 1. The minimum atomic E-state index is -4.16. The third-order valence-electron chi connectivity index (χ3n) is 7.95. The van der Waals surface area contributed by atoms with Crippen molar-refractivity contribution in [2.45, 2.75) is 83.3 Å². The van der Waals surface area contributed by atoms with Crippen molar-refractivity contribution >= 4 is 39.1 Å². The van der Waals surface area contributed by atoms with E-state index in [0.717, 1.165) is 53.1 Å². The summed E-state index contributed by atoms with van der Waals surface area (Å²) in [5, 5.41) is 3.52. The van der Waals surface area contributed by atoms with Crippen molar-refractivity contribution in [2.24, 2.45) is 0 Å². The molecule has 0 heterocycles. The van der Waals surface area contributed by atoms with Gasteiger partial charge in [0.1, 0.15) is 12.6 Å². The molecule has 1 saturated carbocycles. The molecule has 1 fully saturated rings. The third kappa shape index (κ3) is 7.53. The molecule has 7 nitrogen and oxygen atoms in total. The van der Waals surface area contributed by atoms with Crippen LogP contribution < -0.4 is 9.62 Å². The lowest BCUT2D eigenvalue weighted by molar-refractivity contribution is -0.139. The molecule has 0 spiro atoms. The Balaban J connectivity index is 1.71. The Labute approximate surface area is 254 Å². The second-order valence-corrected chi connectivity index (χ2v) is 13.5. The van der Waals surface area contributed by atoms with Gasteiger partial charge in [0.05, 0.1) is 10.6 Å². The van der Waals surface area contributed by atoms with Crippen LogP contribution in [0.4, 0.5) is 5.69 Å². The van der Waals surface area contributed by atoms with Crippen molar-refractivity contribution in [1.29, 1.82) is 0 Å². The van der Waals surface area contributed by atoms with Crippen LogP contribution in [-0.4, -0.2) is 43.8 Å². The highest BCUT2D eigenvalue weighted by Crippen LogP contribution is 2.31. The molecular formula is C33H40ClN3O4S. The maximum atomic E-state index is 14.2. The molecule has 3 aromatic carbocycles. The monoisotopic (exact) mass is 609 g/mol. The van der Waals surface area contributed by atoms with Gasteiger partial charge in [0.2, 0.25) is 11.8 Å². The summed E-state index contributed by atoms with van der Waals surface area (Å²) in [6.45, 7) is 6.94. The van der Waals surface area contributed by atoms with Crippen molar-refractivity contribution in [2.75, 3.05) is 10.8 Å². The quantitative estimate of drug-likeness (QED) is 0.291. The summed E-state index contributed by atoms with van der Waals surface area (Å²) in [5.41, 5.74) is 3.64. The highest BCUT2D eigenvalue weighted by atomic mass is 35.5. The minimum Gasteiger partial charge on any atom is -0.352 e. The van der Waals surface area contributed by atoms with Gasteiger partial charge >= 0.3 is 0 Å². The number of amides is 2. The average molecular weight is 610 g/mol. The highest BCUT2D eigenvalue weighted by Gasteiger charge is 2.34. The van der Waals surface area contributed by atoms with Crippen molar-refractivity contribution in [3.05, 3.63) is 94.0 Å². The lowest BCUT2D eigenvalue weighted by Gasteiger charge is -2.33. The standard InChI is InChI=1S/C33H40ClN3O4S/c1-23-16-18-29(19-17-23)42(40,41)37(31-15-9-14-30(34)25(31)3)22-32(38)36(21-27-11-8-10-24(2)20-27)26(4)33(39)35-28-12-6-5-7-13-28/h8-11,14-20,26,28H,5-7,12-13,21-22H2,1-4H3,(H,35,39)/t26-/m1/s1. The highest BCUT2D eigenvalue weighted by molar-refractivity contribution is 7.92. The zero-order valence-electron chi connectivity index (χ0n) is 24.8. The van der Waals surface area contributed by atoms with E-state index in [1.54, 1.807) is 44.2 Å². The van der Waals surface area contributed by atoms with Gasteiger partial charge in [-0.1, -0.05) is 84.5 Å². The first-order chi connectivity index (χ1) is 20.0. The number of aryl methyl sites for hydroxylation is 2. The van der Waals surface area contributed by atoms with Gasteiger partial charge in [-0.05, 0) is 75.9 Å². The van der Waals surface area contributed by atoms with E-state index in [4.69, 9.17) is 11.6 Å².